The van der Waals surface area contributed by atoms with Crippen LogP contribution >= 0.6 is 0 Å². The number of hydrogen-bond acceptors (Lipinski definition) is 0. The van der Waals surface area contributed by atoms with E-state index in [4.69, 9.17) is 0 Å². The number of hydrogen-bond donors (Lipinski definition) is 0. The third kappa shape index (κ3) is 1.54. The van der Waals surface area contributed by atoms with Gasteiger partial charge in [0.15, 0.2) is 0 Å². The average Bonchev–Trinajstić information content (AvgIpc) is 1.65. The Hall–Kier alpha value is 0.0649. The van der Waals surface area contributed by atoms with Gasteiger partial charge in [-0.3, -0.25) is 0 Å². The average molecular weight is 109 g/mol. The second-order valence-corrected chi connectivity index (χ2v) is 3.53. The molecule has 0 spiro atoms. The van der Waals surface area contributed by atoms with E-state index in [1.165, 1.54) is 26.4 Å². The molecule has 0 atom stereocenters. The van der Waals surface area contributed by atoms with Crippen LogP contribution in [0.2, 0.25) is 6.32 Å². The largest absolute Gasteiger partial charge is 0.124 e. The lowest BCUT2D eigenvalue weighted by atomic mass is 9.55. The fourth-order valence-corrected chi connectivity index (χ4v) is 1.25. The van der Waals surface area contributed by atoms with E-state index in [-0.39, 0.29) is 0 Å². The first kappa shape index (κ1) is 6.19. The van der Waals surface area contributed by atoms with E-state index in [0.717, 1.165) is 0 Å². The third-order valence-corrected chi connectivity index (χ3v) is 2.05. The van der Waals surface area contributed by atoms with E-state index in [2.05, 4.69) is 20.2 Å². The van der Waals surface area contributed by atoms with Gasteiger partial charge in [-0.15, -0.1) is 0 Å². The van der Waals surface area contributed by atoms with E-state index in [1.807, 2.05) is 0 Å². The Morgan fingerprint density at radius 2 is 2.25 bits per heavy atom. The zero-order valence-electron chi connectivity index (χ0n) is 5.91. The molecule has 0 nitrogen and oxygen atoms in total. The van der Waals surface area contributed by atoms with Gasteiger partial charge < -0.3 is 0 Å². The summed E-state index contributed by atoms with van der Waals surface area (Å²) in [6, 6.07) is 0. The highest BCUT2D eigenvalue weighted by Crippen LogP contribution is 2.31. The molecule has 1 heteroatoms. The SMILES string of the molecule is CC1(C)CB[CH]CC1. The molecule has 1 rings (SSSR count). The monoisotopic (exact) mass is 109 g/mol. The van der Waals surface area contributed by atoms with E-state index >= 15 is 0 Å². The Bertz CT molecular complexity index is 68.5. The van der Waals surface area contributed by atoms with Crippen LogP contribution in [0.4, 0.5) is 0 Å². The second-order valence-electron chi connectivity index (χ2n) is 3.53. The summed E-state index contributed by atoms with van der Waals surface area (Å²) in [5, 5.41) is 0. The molecule has 0 aliphatic carbocycles. The topological polar surface area (TPSA) is 0 Å². The Balaban J connectivity index is 2.33. The lowest BCUT2D eigenvalue weighted by Crippen LogP contribution is -2.19. The predicted molar refractivity (Wildman–Crippen MR) is 39.3 cm³/mol. The first-order chi connectivity index (χ1) is 3.71. The molecule has 0 N–H and O–H groups in total. The zero-order chi connectivity index (χ0) is 6.04. The molecule has 0 aromatic heterocycles. The molecule has 1 fully saturated rings. The highest BCUT2D eigenvalue weighted by atomic mass is 14.2. The van der Waals surface area contributed by atoms with Gasteiger partial charge >= 0.3 is 0 Å². The molecule has 0 saturated carbocycles. The van der Waals surface area contributed by atoms with Crippen LogP contribution in [0.25, 0.3) is 0 Å². The van der Waals surface area contributed by atoms with E-state index in [1.54, 1.807) is 0 Å². The molecule has 1 aliphatic heterocycles. The van der Waals surface area contributed by atoms with Gasteiger partial charge in [0.1, 0.15) is 7.28 Å². The Labute approximate surface area is 52.9 Å². The van der Waals surface area contributed by atoms with Crippen molar-refractivity contribution in [3.05, 3.63) is 6.32 Å². The molecular weight excluding hydrogens is 94.9 g/mol. The zero-order valence-corrected chi connectivity index (χ0v) is 5.91. The van der Waals surface area contributed by atoms with Crippen molar-refractivity contribution in [2.45, 2.75) is 33.0 Å². The van der Waals surface area contributed by atoms with Crippen molar-refractivity contribution in [2.75, 3.05) is 0 Å². The van der Waals surface area contributed by atoms with Gasteiger partial charge in [-0.05, 0) is 11.8 Å². The lowest BCUT2D eigenvalue weighted by Gasteiger charge is -2.28. The molecule has 1 aliphatic rings. The van der Waals surface area contributed by atoms with Crippen LogP contribution in [0, 0.1) is 11.7 Å². The smallest absolute Gasteiger partial charge is 0.0721 e. The Morgan fingerprint density at radius 3 is 2.50 bits per heavy atom. The highest BCUT2D eigenvalue weighted by molar-refractivity contribution is 6.40. The van der Waals surface area contributed by atoms with Crippen molar-refractivity contribution < 1.29 is 0 Å². The minimum atomic E-state index is 0.648. The van der Waals surface area contributed by atoms with Crippen LogP contribution in [0.1, 0.15) is 26.7 Å². The first-order valence-corrected chi connectivity index (χ1v) is 3.52. The molecule has 8 heavy (non-hydrogen) atoms. The Kier molecular flexibility index (Phi) is 1.64. The minimum Gasteiger partial charge on any atom is -0.0721 e. The molecule has 1 heterocycles. The molecular formula is C7H14B. The van der Waals surface area contributed by atoms with Crippen molar-refractivity contribution in [2.24, 2.45) is 5.41 Å². The summed E-state index contributed by atoms with van der Waals surface area (Å²) in [4.78, 5) is 0. The molecule has 0 aromatic rings. The second kappa shape index (κ2) is 2.12. The lowest BCUT2D eigenvalue weighted by molar-refractivity contribution is 0.367. The Morgan fingerprint density at radius 1 is 1.50 bits per heavy atom. The van der Waals surface area contributed by atoms with Crippen LogP contribution in [-0.2, 0) is 0 Å². The molecule has 0 unspecified atom stereocenters. The summed E-state index contributed by atoms with van der Waals surface area (Å²) < 4.78 is 0. The van der Waals surface area contributed by atoms with Crippen molar-refractivity contribution >= 4 is 7.28 Å². The summed E-state index contributed by atoms with van der Waals surface area (Å²) in [6.07, 6.45) is 6.54. The third-order valence-electron chi connectivity index (χ3n) is 2.05. The van der Waals surface area contributed by atoms with Gasteiger partial charge in [-0.1, -0.05) is 32.9 Å². The van der Waals surface area contributed by atoms with Crippen molar-refractivity contribution in [3.8, 4) is 0 Å². The fraction of sp³-hybridized carbons (Fsp3) is 0.857. The normalized spacial score (nSPS) is 26.8. The summed E-state index contributed by atoms with van der Waals surface area (Å²) >= 11 is 0. The first-order valence-electron chi connectivity index (χ1n) is 3.52. The van der Waals surface area contributed by atoms with Crippen LogP contribution in [0.3, 0.4) is 0 Å². The maximum absolute atomic E-state index is 2.41. The van der Waals surface area contributed by atoms with Gasteiger partial charge in [0.05, 0.1) is 0 Å². The molecule has 0 aromatic carbocycles. The highest BCUT2D eigenvalue weighted by Gasteiger charge is 2.20. The van der Waals surface area contributed by atoms with Crippen molar-refractivity contribution in [1.29, 1.82) is 0 Å². The standard InChI is InChI=1S/C7H14B/c1-7(2)4-3-5-8-6-7/h5,8H,3-4,6H2,1-2H3. The van der Waals surface area contributed by atoms with E-state index in [9.17, 15) is 0 Å². The van der Waals surface area contributed by atoms with Crippen molar-refractivity contribution in [1.82, 2.24) is 0 Å². The summed E-state index contributed by atoms with van der Waals surface area (Å²) in [6.45, 7) is 4.72. The van der Waals surface area contributed by atoms with E-state index < -0.39 is 0 Å². The summed E-state index contributed by atoms with van der Waals surface area (Å²) in [5.74, 6) is 0. The van der Waals surface area contributed by atoms with E-state index in [0.29, 0.717) is 5.41 Å². The molecule has 0 bridgehead atoms. The van der Waals surface area contributed by atoms with Crippen LogP contribution < -0.4 is 0 Å². The summed E-state index contributed by atoms with van der Waals surface area (Å²) in [5.41, 5.74) is 0.648. The molecule has 1 radical (unpaired) electrons. The maximum Gasteiger partial charge on any atom is 0.124 e. The summed E-state index contributed by atoms with van der Waals surface area (Å²) in [7, 11) is 1.34. The van der Waals surface area contributed by atoms with Gasteiger partial charge in [0, 0.05) is 0 Å². The van der Waals surface area contributed by atoms with Crippen molar-refractivity contribution in [3.63, 3.8) is 0 Å². The van der Waals surface area contributed by atoms with Crippen LogP contribution in [-0.4, -0.2) is 7.28 Å². The van der Waals surface area contributed by atoms with Crippen LogP contribution in [0.15, 0.2) is 0 Å². The van der Waals surface area contributed by atoms with Crippen LogP contribution in [0.5, 0.6) is 0 Å². The van der Waals surface area contributed by atoms with Gasteiger partial charge in [0.2, 0.25) is 0 Å². The van der Waals surface area contributed by atoms with Gasteiger partial charge in [-0.2, -0.15) is 0 Å². The minimum absolute atomic E-state index is 0.648. The molecule has 45 valence electrons. The fourth-order valence-electron chi connectivity index (χ4n) is 1.25. The predicted octanol–water partition coefficient (Wildman–Crippen LogP) is 1.82. The maximum atomic E-state index is 2.41. The van der Waals surface area contributed by atoms with Gasteiger partial charge in [-0.25, -0.2) is 0 Å². The van der Waals surface area contributed by atoms with Gasteiger partial charge in [0.25, 0.3) is 0 Å². The quantitative estimate of drug-likeness (QED) is 0.416. The molecule has 1 saturated heterocycles. The number of rotatable bonds is 0. The molecule has 0 amide bonds.